The first kappa shape index (κ1) is 18.8. The first-order chi connectivity index (χ1) is 13.5. The molecule has 2 heterocycles. The van der Waals surface area contributed by atoms with E-state index in [1.807, 2.05) is 12.1 Å². The summed E-state index contributed by atoms with van der Waals surface area (Å²) in [4.78, 5) is 16.5. The molecule has 6 nitrogen and oxygen atoms in total. The molecule has 1 aliphatic rings. The minimum absolute atomic E-state index is 0.149. The molecule has 1 aromatic heterocycles. The van der Waals surface area contributed by atoms with E-state index in [2.05, 4.69) is 37.9 Å². The van der Waals surface area contributed by atoms with E-state index >= 15 is 0 Å². The summed E-state index contributed by atoms with van der Waals surface area (Å²) in [6.07, 6.45) is 0. The molecule has 28 heavy (non-hydrogen) atoms. The van der Waals surface area contributed by atoms with E-state index in [0.717, 1.165) is 37.3 Å². The van der Waals surface area contributed by atoms with Crippen molar-refractivity contribution in [2.75, 3.05) is 38.2 Å². The van der Waals surface area contributed by atoms with E-state index < -0.39 is 5.63 Å². The van der Waals surface area contributed by atoms with Gasteiger partial charge in [0, 0.05) is 43.8 Å². The highest BCUT2D eigenvalue weighted by Gasteiger charge is 2.20. The second kappa shape index (κ2) is 7.85. The van der Waals surface area contributed by atoms with Gasteiger partial charge in [-0.05, 0) is 58.4 Å². The molecule has 0 radical (unpaired) electrons. The van der Waals surface area contributed by atoms with Gasteiger partial charge in [0.25, 0.3) is 0 Å². The first-order valence-electron chi connectivity index (χ1n) is 9.11. The molecule has 3 aromatic rings. The number of benzene rings is 2. The first-order valence-corrected chi connectivity index (χ1v) is 9.90. The maximum absolute atomic E-state index is 11.9. The Balaban J connectivity index is 1.49. The topological polar surface area (TPSA) is 66.2 Å². The van der Waals surface area contributed by atoms with Crippen LogP contribution in [0.25, 0.3) is 11.0 Å². The largest absolute Gasteiger partial charge is 0.507 e. The summed E-state index contributed by atoms with van der Waals surface area (Å²) in [6, 6.07) is 13.2. The molecule has 2 aromatic carbocycles. The minimum Gasteiger partial charge on any atom is -0.507 e. The molecule has 1 saturated heterocycles. The Morgan fingerprint density at radius 1 is 1.11 bits per heavy atom. The lowest BCUT2D eigenvalue weighted by molar-refractivity contribution is 0.246. The SMILES string of the molecule is COc1ccc(N2CCN(Cc3c(O)ccc4cc(Br)c(=O)oc34)CC2)cc1. The quantitative estimate of drug-likeness (QED) is 0.620. The number of phenolic OH excluding ortho intramolecular Hbond substituents is 1. The van der Waals surface area contributed by atoms with Gasteiger partial charge in [-0.1, -0.05) is 0 Å². The average molecular weight is 445 g/mol. The van der Waals surface area contributed by atoms with Crippen LogP contribution in [-0.4, -0.2) is 43.3 Å². The number of rotatable bonds is 4. The maximum Gasteiger partial charge on any atom is 0.350 e. The number of hydrogen-bond acceptors (Lipinski definition) is 6. The zero-order chi connectivity index (χ0) is 19.7. The summed E-state index contributed by atoms with van der Waals surface area (Å²) in [5.74, 6) is 0.998. The third kappa shape index (κ3) is 3.72. The lowest BCUT2D eigenvalue weighted by Gasteiger charge is -2.36. The predicted molar refractivity (Wildman–Crippen MR) is 112 cm³/mol. The van der Waals surface area contributed by atoms with Crippen LogP contribution < -0.4 is 15.3 Å². The van der Waals surface area contributed by atoms with Crippen LogP contribution in [0.2, 0.25) is 0 Å². The molecule has 0 bridgehead atoms. The molecule has 1 fully saturated rings. The Morgan fingerprint density at radius 3 is 2.50 bits per heavy atom. The van der Waals surface area contributed by atoms with Crippen LogP contribution in [0.3, 0.4) is 0 Å². The van der Waals surface area contributed by atoms with E-state index in [-0.39, 0.29) is 5.75 Å². The third-order valence-electron chi connectivity index (χ3n) is 5.13. The van der Waals surface area contributed by atoms with Crippen LogP contribution in [0.4, 0.5) is 5.69 Å². The van der Waals surface area contributed by atoms with Gasteiger partial charge in [0.2, 0.25) is 0 Å². The zero-order valence-electron chi connectivity index (χ0n) is 15.5. The van der Waals surface area contributed by atoms with E-state index in [1.54, 1.807) is 25.3 Å². The van der Waals surface area contributed by atoms with E-state index in [9.17, 15) is 9.90 Å². The molecule has 1 N–H and O–H groups in total. The van der Waals surface area contributed by atoms with Gasteiger partial charge in [-0.2, -0.15) is 0 Å². The number of piperazine rings is 1. The number of hydrogen-bond donors (Lipinski definition) is 1. The lowest BCUT2D eigenvalue weighted by atomic mass is 10.1. The highest BCUT2D eigenvalue weighted by Crippen LogP contribution is 2.29. The molecular weight excluding hydrogens is 424 g/mol. The number of aromatic hydroxyl groups is 1. The van der Waals surface area contributed by atoms with Gasteiger partial charge in [-0.15, -0.1) is 0 Å². The minimum atomic E-state index is -0.441. The monoisotopic (exact) mass is 444 g/mol. The van der Waals surface area contributed by atoms with Gasteiger partial charge in [0.15, 0.2) is 0 Å². The van der Waals surface area contributed by atoms with Crippen molar-refractivity contribution in [1.82, 2.24) is 4.90 Å². The Bertz CT molecular complexity index is 1040. The van der Waals surface area contributed by atoms with Gasteiger partial charge in [-0.25, -0.2) is 4.79 Å². The molecule has 1 aliphatic heterocycles. The van der Waals surface area contributed by atoms with Crippen LogP contribution in [0.15, 0.2) is 56.1 Å². The molecule has 0 saturated carbocycles. The number of halogens is 1. The molecule has 0 spiro atoms. The fourth-order valence-corrected chi connectivity index (χ4v) is 3.87. The second-order valence-electron chi connectivity index (χ2n) is 6.82. The number of nitrogens with zero attached hydrogens (tertiary/aromatic N) is 2. The van der Waals surface area contributed by atoms with Gasteiger partial charge in [-0.3, -0.25) is 4.90 Å². The van der Waals surface area contributed by atoms with Crippen LogP contribution in [0.1, 0.15) is 5.56 Å². The molecule has 0 unspecified atom stereocenters. The van der Waals surface area contributed by atoms with Crippen molar-refractivity contribution in [1.29, 1.82) is 0 Å². The zero-order valence-corrected chi connectivity index (χ0v) is 17.1. The molecule has 0 atom stereocenters. The molecular formula is C21H21BrN2O4. The number of ether oxygens (including phenoxy) is 1. The fraction of sp³-hybridized carbons (Fsp3) is 0.286. The number of anilines is 1. The second-order valence-corrected chi connectivity index (χ2v) is 7.68. The van der Waals surface area contributed by atoms with E-state index in [0.29, 0.717) is 22.2 Å². The van der Waals surface area contributed by atoms with Crippen molar-refractivity contribution in [3.63, 3.8) is 0 Å². The van der Waals surface area contributed by atoms with Crippen molar-refractivity contribution in [2.45, 2.75) is 6.54 Å². The fourth-order valence-electron chi connectivity index (χ4n) is 3.54. The number of fused-ring (bicyclic) bond motifs is 1. The molecule has 7 heteroatoms. The molecule has 0 amide bonds. The normalized spacial score (nSPS) is 15.1. The van der Waals surface area contributed by atoms with Crippen molar-refractivity contribution >= 4 is 32.6 Å². The van der Waals surface area contributed by atoms with Gasteiger partial charge < -0.3 is 19.2 Å². The lowest BCUT2D eigenvalue weighted by Crippen LogP contribution is -2.46. The van der Waals surface area contributed by atoms with Crippen LogP contribution in [0, 0.1) is 0 Å². The summed E-state index contributed by atoms with van der Waals surface area (Å²) in [6.45, 7) is 4.00. The van der Waals surface area contributed by atoms with Crippen LogP contribution in [0.5, 0.6) is 11.5 Å². The van der Waals surface area contributed by atoms with Crippen molar-refractivity contribution in [3.8, 4) is 11.5 Å². The van der Waals surface area contributed by atoms with Crippen molar-refractivity contribution in [3.05, 3.63) is 62.9 Å². The third-order valence-corrected chi connectivity index (χ3v) is 5.68. The van der Waals surface area contributed by atoms with Gasteiger partial charge in [0.1, 0.15) is 21.6 Å². The van der Waals surface area contributed by atoms with Crippen molar-refractivity contribution in [2.24, 2.45) is 0 Å². The molecule has 146 valence electrons. The Hall–Kier alpha value is -2.51. The molecule has 0 aliphatic carbocycles. The molecule has 4 rings (SSSR count). The van der Waals surface area contributed by atoms with Crippen LogP contribution in [-0.2, 0) is 6.54 Å². The Labute approximate surface area is 171 Å². The van der Waals surface area contributed by atoms with Crippen LogP contribution >= 0.6 is 15.9 Å². The number of phenols is 1. The summed E-state index contributed by atoms with van der Waals surface area (Å²) < 4.78 is 11.0. The predicted octanol–water partition coefficient (Wildman–Crippen LogP) is 3.59. The number of methoxy groups -OCH3 is 1. The summed E-state index contributed by atoms with van der Waals surface area (Å²) in [5, 5.41) is 11.1. The smallest absolute Gasteiger partial charge is 0.350 e. The Morgan fingerprint density at radius 2 is 1.82 bits per heavy atom. The van der Waals surface area contributed by atoms with E-state index in [1.165, 1.54) is 5.69 Å². The summed E-state index contributed by atoms with van der Waals surface area (Å²) in [7, 11) is 1.66. The van der Waals surface area contributed by atoms with Gasteiger partial charge in [0.05, 0.1) is 12.7 Å². The average Bonchev–Trinajstić information content (AvgIpc) is 2.72. The standard InChI is InChI=1S/C21H21BrN2O4/c1-27-16-5-3-15(4-6-16)24-10-8-23(9-11-24)13-17-19(25)7-2-14-12-18(22)21(26)28-20(14)17/h2-7,12,25H,8-11,13H2,1H3. The van der Waals surface area contributed by atoms with Gasteiger partial charge >= 0.3 is 5.63 Å². The maximum atomic E-state index is 11.9. The summed E-state index contributed by atoms with van der Waals surface area (Å²) >= 11 is 3.20. The Kier molecular flexibility index (Phi) is 5.28. The highest BCUT2D eigenvalue weighted by molar-refractivity contribution is 9.10. The van der Waals surface area contributed by atoms with E-state index in [4.69, 9.17) is 9.15 Å². The summed E-state index contributed by atoms with van der Waals surface area (Å²) in [5.41, 5.74) is 1.83. The highest BCUT2D eigenvalue weighted by atomic mass is 79.9. The van der Waals surface area contributed by atoms with Crippen molar-refractivity contribution < 1.29 is 14.3 Å².